The number of carbonyl (C=O) groups excluding carboxylic acids is 1. The number of urea groups is 1. The molecule has 0 radical (unpaired) electrons. The van der Waals surface area contributed by atoms with Gasteiger partial charge in [-0.1, -0.05) is 12.1 Å². The second kappa shape index (κ2) is 6.97. The van der Waals surface area contributed by atoms with Crippen molar-refractivity contribution in [3.05, 3.63) is 24.3 Å². The van der Waals surface area contributed by atoms with Gasteiger partial charge in [0, 0.05) is 6.04 Å². The number of carbonyl (C=O) groups is 2. The third-order valence-electron chi connectivity index (χ3n) is 3.55. The Balaban J connectivity index is 1.89. The van der Waals surface area contributed by atoms with Crippen molar-refractivity contribution in [3.63, 3.8) is 0 Å². The molecule has 114 valence electrons. The van der Waals surface area contributed by atoms with Crippen LogP contribution in [0.2, 0.25) is 0 Å². The van der Waals surface area contributed by atoms with Gasteiger partial charge >= 0.3 is 12.0 Å². The van der Waals surface area contributed by atoms with Crippen molar-refractivity contribution in [1.29, 1.82) is 0 Å². The van der Waals surface area contributed by atoms with E-state index in [2.05, 4.69) is 10.6 Å². The van der Waals surface area contributed by atoms with Crippen LogP contribution in [-0.4, -0.2) is 29.8 Å². The third kappa shape index (κ3) is 4.11. The normalized spacial score (nSPS) is 20.8. The molecule has 3 N–H and O–H groups in total. The number of rotatable bonds is 5. The summed E-state index contributed by atoms with van der Waals surface area (Å²) in [5.41, 5.74) is 0.602. The molecule has 2 amide bonds. The van der Waals surface area contributed by atoms with Crippen molar-refractivity contribution < 1.29 is 19.4 Å². The fourth-order valence-corrected chi connectivity index (χ4v) is 2.53. The van der Waals surface area contributed by atoms with Gasteiger partial charge in [-0.3, -0.25) is 4.79 Å². The van der Waals surface area contributed by atoms with Gasteiger partial charge in [-0.15, -0.1) is 0 Å². The molecule has 1 aliphatic rings. The van der Waals surface area contributed by atoms with Gasteiger partial charge in [-0.2, -0.15) is 0 Å². The highest BCUT2D eigenvalue weighted by Gasteiger charge is 2.30. The average Bonchev–Trinajstić information content (AvgIpc) is 2.90. The summed E-state index contributed by atoms with van der Waals surface area (Å²) in [7, 11) is 0. The van der Waals surface area contributed by atoms with Crippen LogP contribution in [0, 0.1) is 5.92 Å². The van der Waals surface area contributed by atoms with Crippen molar-refractivity contribution in [2.24, 2.45) is 5.92 Å². The maximum absolute atomic E-state index is 12.0. The molecular weight excluding hydrogens is 272 g/mol. The van der Waals surface area contributed by atoms with Gasteiger partial charge in [0.2, 0.25) is 0 Å². The summed E-state index contributed by atoms with van der Waals surface area (Å²) >= 11 is 0. The molecule has 2 rings (SSSR count). The van der Waals surface area contributed by atoms with E-state index in [1.807, 2.05) is 19.1 Å². The zero-order valence-corrected chi connectivity index (χ0v) is 12.0. The molecular formula is C15H20N2O4. The number of benzene rings is 1. The van der Waals surface area contributed by atoms with Crippen molar-refractivity contribution in [2.75, 3.05) is 11.9 Å². The average molecular weight is 292 g/mol. The third-order valence-corrected chi connectivity index (χ3v) is 3.55. The van der Waals surface area contributed by atoms with E-state index in [1.165, 1.54) is 0 Å². The Kier molecular flexibility index (Phi) is 5.03. The van der Waals surface area contributed by atoms with Gasteiger partial charge in [-0.05, 0) is 38.3 Å². The first kappa shape index (κ1) is 15.2. The molecule has 1 aromatic carbocycles. The molecule has 0 heterocycles. The molecule has 2 atom stereocenters. The van der Waals surface area contributed by atoms with Gasteiger partial charge in [0.15, 0.2) is 0 Å². The summed E-state index contributed by atoms with van der Waals surface area (Å²) in [6.45, 7) is 2.39. The van der Waals surface area contributed by atoms with Crippen LogP contribution in [0.25, 0.3) is 0 Å². The van der Waals surface area contributed by atoms with E-state index in [1.54, 1.807) is 12.1 Å². The predicted octanol–water partition coefficient (Wildman–Crippen LogP) is 2.46. The molecule has 2 unspecified atom stereocenters. The fraction of sp³-hybridized carbons (Fsp3) is 0.467. The minimum atomic E-state index is -0.790. The quantitative estimate of drug-likeness (QED) is 0.778. The van der Waals surface area contributed by atoms with Crippen LogP contribution in [-0.2, 0) is 4.79 Å². The molecule has 0 saturated heterocycles. The minimum Gasteiger partial charge on any atom is -0.492 e. The maximum Gasteiger partial charge on any atom is 0.319 e. The number of carboxylic acid groups (broad SMARTS) is 1. The number of ether oxygens (including phenoxy) is 1. The summed E-state index contributed by atoms with van der Waals surface area (Å²) in [5, 5.41) is 14.5. The Morgan fingerprint density at radius 1 is 1.33 bits per heavy atom. The van der Waals surface area contributed by atoms with Crippen molar-refractivity contribution in [1.82, 2.24) is 5.32 Å². The monoisotopic (exact) mass is 292 g/mol. The summed E-state index contributed by atoms with van der Waals surface area (Å²) in [6.07, 6.45) is 1.78. The number of carboxylic acids is 1. The molecule has 6 nitrogen and oxygen atoms in total. The summed E-state index contributed by atoms with van der Waals surface area (Å²) in [4.78, 5) is 22.9. The highest BCUT2D eigenvalue weighted by molar-refractivity contribution is 5.91. The Hall–Kier alpha value is -2.24. The number of hydrogen-bond donors (Lipinski definition) is 3. The number of aliphatic carboxylic acids is 1. The lowest BCUT2D eigenvalue weighted by Crippen LogP contribution is -2.36. The number of para-hydroxylation sites is 2. The smallest absolute Gasteiger partial charge is 0.319 e. The molecule has 0 spiro atoms. The fourth-order valence-electron chi connectivity index (χ4n) is 2.53. The van der Waals surface area contributed by atoms with Crippen LogP contribution < -0.4 is 15.4 Å². The van der Waals surface area contributed by atoms with Crippen LogP contribution in [0.3, 0.4) is 0 Å². The van der Waals surface area contributed by atoms with E-state index in [4.69, 9.17) is 9.84 Å². The molecule has 0 aliphatic heterocycles. The molecule has 21 heavy (non-hydrogen) atoms. The van der Waals surface area contributed by atoms with Gasteiger partial charge in [0.25, 0.3) is 0 Å². The lowest BCUT2D eigenvalue weighted by molar-refractivity contribution is -0.141. The molecule has 0 aromatic heterocycles. The topological polar surface area (TPSA) is 87.7 Å². The van der Waals surface area contributed by atoms with Gasteiger partial charge in [0.05, 0.1) is 18.2 Å². The molecule has 1 aliphatic carbocycles. The Labute approximate surface area is 123 Å². The number of nitrogens with one attached hydrogen (secondary N) is 2. The number of amides is 2. The van der Waals surface area contributed by atoms with Crippen LogP contribution in [0.1, 0.15) is 26.2 Å². The first-order valence-electron chi connectivity index (χ1n) is 7.12. The van der Waals surface area contributed by atoms with Crippen LogP contribution in [0.4, 0.5) is 10.5 Å². The highest BCUT2D eigenvalue weighted by Crippen LogP contribution is 2.26. The van der Waals surface area contributed by atoms with Crippen LogP contribution in [0.5, 0.6) is 5.75 Å². The Morgan fingerprint density at radius 3 is 2.76 bits per heavy atom. The predicted molar refractivity (Wildman–Crippen MR) is 78.5 cm³/mol. The summed E-state index contributed by atoms with van der Waals surface area (Å²) < 4.78 is 5.44. The minimum absolute atomic E-state index is 0.0923. The lowest BCUT2D eigenvalue weighted by atomic mass is 10.1. The Bertz CT molecular complexity index is 518. The number of anilines is 1. The second-order valence-electron chi connectivity index (χ2n) is 5.07. The molecule has 0 bridgehead atoms. The summed E-state index contributed by atoms with van der Waals surface area (Å²) in [6, 6.07) is 6.77. The molecule has 6 heteroatoms. The van der Waals surface area contributed by atoms with E-state index in [-0.39, 0.29) is 18.0 Å². The van der Waals surface area contributed by atoms with Crippen LogP contribution >= 0.6 is 0 Å². The van der Waals surface area contributed by atoms with Crippen molar-refractivity contribution in [2.45, 2.75) is 32.2 Å². The first-order valence-corrected chi connectivity index (χ1v) is 7.12. The number of hydrogen-bond acceptors (Lipinski definition) is 3. The van der Waals surface area contributed by atoms with Crippen molar-refractivity contribution >= 4 is 17.7 Å². The summed E-state index contributed by atoms with van der Waals surface area (Å²) in [5.74, 6) is -0.530. The Morgan fingerprint density at radius 2 is 2.10 bits per heavy atom. The zero-order chi connectivity index (χ0) is 15.2. The van der Waals surface area contributed by atoms with Gasteiger partial charge < -0.3 is 20.5 Å². The molecule has 1 fully saturated rings. The lowest BCUT2D eigenvalue weighted by Gasteiger charge is -2.15. The SMILES string of the molecule is CCOc1ccccc1NC(=O)NC1CCC(C(=O)O)C1. The second-order valence-corrected chi connectivity index (χ2v) is 5.07. The largest absolute Gasteiger partial charge is 0.492 e. The molecule has 1 aromatic rings. The van der Waals surface area contributed by atoms with Gasteiger partial charge in [0.1, 0.15) is 5.75 Å². The van der Waals surface area contributed by atoms with Gasteiger partial charge in [-0.25, -0.2) is 4.79 Å². The highest BCUT2D eigenvalue weighted by atomic mass is 16.5. The van der Waals surface area contributed by atoms with E-state index < -0.39 is 5.97 Å². The van der Waals surface area contributed by atoms with E-state index >= 15 is 0 Å². The van der Waals surface area contributed by atoms with E-state index in [0.717, 1.165) is 0 Å². The van der Waals surface area contributed by atoms with E-state index in [9.17, 15) is 9.59 Å². The molecule has 1 saturated carbocycles. The van der Waals surface area contributed by atoms with Crippen molar-refractivity contribution in [3.8, 4) is 5.75 Å². The van der Waals surface area contributed by atoms with E-state index in [0.29, 0.717) is 37.3 Å². The maximum atomic E-state index is 12.0. The van der Waals surface area contributed by atoms with Crippen LogP contribution in [0.15, 0.2) is 24.3 Å². The standard InChI is InChI=1S/C15H20N2O4/c1-2-21-13-6-4-3-5-12(13)17-15(20)16-11-8-7-10(9-11)14(18)19/h3-6,10-11H,2,7-9H2,1H3,(H,18,19)(H2,16,17,20). The zero-order valence-electron chi connectivity index (χ0n) is 12.0. The first-order chi connectivity index (χ1) is 10.1.